The highest BCUT2D eigenvalue weighted by Crippen LogP contribution is 2.23. The molecular weight excluding hydrogens is 1170 g/mol. The van der Waals surface area contributed by atoms with Crippen molar-refractivity contribution in [3.05, 3.63) is 48.6 Å². The highest BCUT2D eigenvalue weighted by molar-refractivity contribution is 8.76. The van der Waals surface area contributed by atoms with Crippen molar-refractivity contribution in [3.8, 4) is 0 Å². The molecule has 0 amide bonds. The summed E-state index contributed by atoms with van der Waals surface area (Å²) < 4.78 is 5.77. The lowest BCUT2D eigenvalue weighted by Crippen LogP contribution is -2.47. The van der Waals surface area contributed by atoms with Gasteiger partial charge in [-0.25, -0.2) is 0 Å². The van der Waals surface area contributed by atoms with Crippen molar-refractivity contribution in [2.45, 2.75) is 354 Å². The van der Waals surface area contributed by atoms with E-state index in [-0.39, 0.29) is 18.2 Å². The van der Waals surface area contributed by atoms with Gasteiger partial charge in [-0.3, -0.25) is 24.4 Å². The van der Waals surface area contributed by atoms with E-state index in [1.165, 1.54) is 193 Å². The van der Waals surface area contributed by atoms with Crippen molar-refractivity contribution >= 4 is 27.6 Å². The molecule has 1 saturated heterocycles. The van der Waals surface area contributed by atoms with Gasteiger partial charge in [0.25, 0.3) is 0 Å². The van der Waals surface area contributed by atoms with Gasteiger partial charge >= 0.3 is 5.97 Å². The molecule has 4 atom stereocenters. The Hall–Kier alpha value is -1.19. The van der Waals surface area contributed by atoms with Gasteiger partial charge in [0.2, 0.25) is 0 Å². The Balaban J connectivity index is 2.45. The first-order valence-corrected chi connectivity index (χ1v) is 41.8. The lowest BCUT2D eigenvalue weighted by atomic mass is 10.0. The van der Waals surface area contributed by atoms with Gasteiger partial charge in [0.15, 0.2) is 0 Å². The molecular formula is C79H152N4O6S2. The fourth-order valence-electron chi connectivity index (χ4n) is 12.5. The van der Waals surface area contributed by atoms with Gasteiger partial charge in [-0.1, -0.05) is 291 Å². The summed E-state index contributed by atoms with van der Waals surface area (Å²) >= 11 is 0. The summed E-state index contributed by atoms with van der Waals surface area (Å²) in [4.78, 5) is 22.5. The standard InChI is InChI=1S/C79H152N4O6S2/c1-5-9-13-17-21-25-29-31-33-35-39-43-47-49-55-75(84)71-82(72-76(85)56-50-48-44-40-36-34-32-30-26-22-18-14-10-6-2)60-53-59-79(88)89-68-66-80-62-64-81(65-63-80)67-70-91-90-69-54-61-83(73-77(86)57-51-45-41-37-27-23-19-15-11-7-3)74-78(87)58-52-46-42-38-28-24-20-16-12-8-4/h21-22,25-26,31-34,75-78,84-87H,5-20,23-24,27-30,35-74H2,1-4H3/b25-21-,26-22-,33-31-,34-32-/t75-,76-,77?,78?/m1/s1. The molecule has 0 saturated carbocycles. The predicted octanol–water partition coefficient (Wildman–Crippen LogP) is 20.2. The zero-order chi connectivity index (χ0) is 65.8. The molecule has 1 aliphatic rings. The van der Waals surface area contributed by atoms with Gasteiger partial charge in [0.1, 0.15) is 6.61 Å². The van der Waals surface area contributed by atoms with Crippen LogP contribution in [0.4, 0.5) is 0 Å². The summed E-state index contributed by atoms with van der Waals surface area (Å²) in [5.41, 5.74) is 0. The monoisotopic (exact) mass is 1320 g/mol. The first-order chi connectivity index (χ1) is 44.7. The summed E-state index contributed by atoms with van der Waals surface area (Å²) in [6, 6.07) is 0. The topological polar surface area (TPSA) is 120 Å². The number of unbranched alkanes of at least 4 members (excludes halogenated alkanes) is 32. The SMILES string of the molecule is CCCCC/C=C\C/C=C\CCCCCC[C@@H](O)CN(CCCC(=O)OCCN1CCN(CCSSCCCN(CC(O)CCCCCCCCCCCC)CC(O)CCCCCCCCCCCC)CC1)C[C@H](O)CCCCCC/C=C\C/C=C\CCCCC. The Bertz CT molecular complexity index is 1530. The summed E-state index contributed by atoms with van der Waals surface area (Å²) in [6.45, 7) is 19.4. The number of carbonyl (C=O) groups excluding carboxylic acids is 1. The van der Waals surface area contributed by atoms with E-state index in [4.69, 9.17) is 4.74 Å². The second-order valence-electron chi connectivity index (χ2n) is 27.4. The van der Waals surface area contributed by atoms with E-state index in [0.29, 0.717) is 52.2 Å². The molecule has 0 aliphatic carbocycles. The number of ether oxygens (including phenoxy) is 1. The maximum absolute atomic E-state index is 13.0. The van der Waals surface area contributed by atoms with E-state index >= 15 is 0 Å². The molecule has 0 radical (unpaired) electrons. The van der Waals surface area contributed by atoms with Crippen LogP contribution in [0.2, 0.25) is 0 Å². The number of piperazine rings is 1. The van der Waals surface area contributed by atoms with Crippen LogP contribution in [0.1, 0.15) is 329 Å². The van der Waals surface area contributed by atoms with E-state index in [2.05, 4.69) is 95.9 Å². The minimum atomic E-state index is -0.441. The second kappa shape index (κ2) is 70.1. The van der Waals surface area contributed by atoms with Gasteiger partial charge < -0.3 is 25.2 Å². The number of rotatable bonds is 71. The number of allylic oxidation sites excluding steroid dienone is 8. The second-order valence-corrected chi connectivity index (χ2v) is 30.1. The van der Waals surface area contributed by atoms with E-state index in [9.17, 15) is 25.2 Å². The minimum absolute atomic E-state index is 0.154. The quantitative estimate of drug-likeness (QED) is 0.0201. The highest BCUT2D eigenvalue weighted by atomic mass is 33.1. The molecule has 0 bridgehead atoms. The first kappa shape index (κ1) is 87.8. The molecule has 1 aliphatic heterocycles. The van der Waals surface area contributed by atoms with Gasteiger partial charge in [-0.2, -0.15) is 0 Å². The fourth-order valence-corrected chi connectivity index (χ4v) is 14.6. The largest absolute Gasteiger partial charge is 0.464 e. The lowest BCUT2D eigenvalue weighted by molar-refractivity contribution is -0.144. The lowest BCUT2D eigenvalue weighted by Gasteiger charge is -2.34. The average molecular weight is 1320 g/mol. The molecule has 1 fully saturated rings. The maximum Gasteiger partial charge on any atom is 0.305 e. The molecule has 91 heavy (non-hydrogen) atoms. The number of hydrogen-bond acceptors (Lipinski definition) is 12. The third-order valence-electron chi connectivity index (χ3n) is 18.4. The number of nitrogens with zero attached hydrogens (tertiary/aromatic N) is 4. The highest BCUT2D eigenvalue weighted by Gasteiger charge is 2.20. The number of hydrogen-bond donors (Lipinski definition) is 4. The van der Waals surface area contributed by atoms with Crippen LogP contribution in [0.15, 0.2) is 48.6 Å². The number of aliphatic hydroxyl groups is 4. The van der Waals surface area contributed by atoms with Gasteiger partial charge in [0.05, 0.1) is 24.4 Å². The Labute approximate surface area is 573 Å². The van der Waals surface area contributed by atoms with Crippen LogP contribution in [0.5, 0.6) is 0 Å². The van der Waals surface area contributed by atoms with E-state index in [1.807, 2.05) is 21.6 Å². The van der Waals surface area contributed by atoms with Crippen molar-refractivity contribution in [1.29, 1.82) is 0 Å². The molecule has 1 rings (SSSR count). The number of aliphatic hydroxyl groups excluding tert-OH is 4. The zero-order valence-corrected chi connectivity index (χ0v) is 62.1. The molecule has 0 aromatic rings. The molecule has 2 unspecified atom stereocenters. The smallest absolute Gasteiger partial charge is 0.305 e. The Morgan fingerprint density at radius 2 is 0.670 bits per heavy atom. The summed E-state index contributed by atoms with van der Waals surface area (Å²) in [5.74, 6) is 2.02. The first-order valence-electron chi connectivity index (χ1n) is 39.3. The van der Waals surface area contributed by atoms with Gasteiger partial charge in [-0.05, 0) is 116 Å². The minimum Gasteiger partial charge on any atom is -0.464 e. The van der Waals surface area contributed by atoms with E-state index < -0.39 is 12.2 Å². The van der Waals surface area contributed by atoms with E-state index in [0.717, 1.165) is 154 Å². The Morgan fingerprint density at radius 3 is 1.04 bits per heavy atom. The van der Waals surface area contributed by atoms with Crippen molar-refractivity contribution in [2.24, 2.45) is 0 Å². The third-order valence-corrected chi connectivity index (χ3v) is 20.9. The van der Waals surface area contributed by atoms with Crippen LogP contribution in [0.3, 0.4) is 0 Å². The molecule has 12 heteroatoms. The summed E-state index contributed by atoms with van der Waals surface area (Å²) in [6.07, 6.45) is 71.9. The predicted molar refractivity (Wildman–Crippen MR) is 402 cm³/mol. The Morgan fingerprint density at radius 1 is 0.374 bits per heavy atom. The van der Waals surface area contributed by atoms with Crippen LogP contribution in [0.25, 0.3) is 0 Å². The zero-order valence-electron chi connectivity index (χ0n) is 60.5. The molecule has 0 aromatic carbocycles. The van der Waals surface area contributed by atoms with Crippen molar-refractivity contribution in [3.63, 3.8) is 0 Å². The van der Waals surface area contributed by atoms with Crippen LogP contribution >= 0.6 is 21.6 Å². The summed E-state index contributed by atoms with van der Waals surface area (Å²) in [7, 11) is 3.95. The maximum atomic E-state index is 13.0. The van der Waals surface area contributed by atoms with Gasteiger partial charge in [-0.15, -0.1) is 0 Å². The number of esters is 1. The fraction of sp³-hybridized carbons (Fsp3) is 0.886. The average Bonchev–Trinajstić information content (AvgIpc) is 3.71. The van der Waals surface area contributed by atoms with Crippen LogP contribution < -0.4 is 0 Å². The van der Waals surface area contributed by atoms with Crippen molar-refractivity contribution < 1.29 is 30.0 Å². The van der Waals surface area contributed by atoms with Crippen LogP contribution in [-0.2, 0) is 9.53 Å². The van der Waals surface area contributed by atoms with E-state index in [1.54, 1.807) is 0 Å². The van der Waals surface area contributed by atoms with Crippen molar-refractivity contribution in [1.82, 2.24) is 19.6 Å². The van der Waals surface area contributed by atoms with Crippen LogP contribution in [-0.4, -0.2) is 167 Å². The van der Waals surface area contributed by atoms with Gasteiger partial charge in [0, 0.05) is 83.4 Å². The van der Waals surface area contributed by atoms with Crippen molar-refractivity contribution in [2.75, 3.05) is 96.6 Å². The summed E-state index contributed by atoms with van der Waals surface area (Å²) in [5, 5.41) is 44.6. The molecule has 0 aromatic heterocycles. The Kier molecular flexibility index (Phi) is 67.7. The molecule has 4 N–H and O–H groups in total. The molecule has 536 valence electrons. The third kappa shape index (κ3) is 63.3. The normalized spacial score (nSPS) is 15.1. The molecule has 1 heterocycles. The van der Waals surface area contributed by atoms with Crippen LogP contribution in [0, 0.1) is 0 Å². The molecule has 10 nitrogen and oxygen atoms in total. The number of carbonyl (C=O) groups is 1. The molecule has 0 spiro atoms.